The zero-order chi connectivity index (χ0) is 32.3. The summed E-state index contributed by atoms with van der Waals surface area (Å²) in [6.45, 7) is 16.7. The molecule has 2 saturated heterocycles. The molecule has 0 radical (unpaired) electrons. The largest absolute Gasteiger partial charge is 0.416 e. The highest BCUT2D eigenvalue weighted by atomic mass is 28.4. The second-order valence-corrected chi connectivity index (χ2v) is 20.7. The molecule has 0 spiro atoms. The van der Waals surface area contributed by atoms with Crippen molar-refractivity contribution in [2.75, 3.05) is 26.4 Å². The third-order valence-corrected chi connectivity index (χ3v) is 15.9. The lowest BCUT2D eigenvalue weighted by Crippen LogP contribution is -2.42. The average molecular weight is 649 g/mol. The van der Waals surface area contributed by atoms with Gasteiger partial charge in [-0.15, -0.1) is 0 Å². The van der Waals surface area contributed by atoms with E-state index < -0.39 is 8.32 Å². The van der Waals surface area contributed by atoms with Gasteiger partial charge in [0, 0.05) is 38.3 Å². The minimum atomic E-state index is -1.85. The Morgan fingerprint density at radius 1 is 0.978 bits per heavy atom. The first-order valence-electron chi connectivity index (χ1n) is 18.8. The number of aliphatic hydroxyl groups excluding tert-OH is 1. The lowest BCUT2D eigenvalue weighted by molar-refractivity contribution is -0.192. The van der Waals surface area contributed by atoms with Crippen molar-refractivity contribution in [3.05, 3.63) is 23.8 Å². The van der Waals surface area contributed by atoms with E-state index in [-0.39, 0.29) is 36.4 Å². The van der Waals surface area contributed by atoms with E-state index in [0.717, 1.165) is 84.0 Å². The van der Waals surface area contributed by atoms with Gasteiger partial charge in [-0.05, 0) is 101 Å². The molecule has 45 heavy (non-hydrogen) atoms. The highest BCUT2D eigenvalue weighted by Gasteiger charge is 2.47. The summed E-state index contributed by atoms with van der Waals surface area (Å²) in [7, 11) is -1.85. The summed E-state index contributed by atoms with van der Waals surface area (Å²) in [5.74, 6) is 1.82. The standard InChI is InChI=1S/C38H68O6Si/c1-7-8-9-17-32(43-36-18-11-14-23-40-36)20-21-33-34-26-30(25-31(34)27-35(33)44-37-19-12-15-24-41-37)29(16-10-13-22-39)28-42-45(5,6)38(2,3)4/h20-21,26,29,31-37,39H,7-19,22-25,27-28H2,1-6H3. The molecule has 8 atom stereocenters. The van der Waals surface area contributed by atoms with Crippen LogP contribution in [0.1, 0.15) is 124 Å². The van der Waals surface area contributed by atoms with Crippen LogP contribution in [-0.4, -0.2) is 64.6 Å². The molecule has 0 aromatic carbocycles. The molecule has 1 N–H and O–H groups in total. The van der Waals surface area contributed by atoms with Crippen LogP contribution in [0.25, 0.3) is 0 Å². The van der Waals surface area contributed by atoms with Crippen LogP contribution in [0.5, 0.6) is 0 Å². The van der Waals surface area contributed by atoms with E-state index in [1.165, 1.54) is 32.1 Å². The number of hydrogen-bond acceptors (Lipinski definition) is 6. The first-order chi connectivity index (χ1) is 21.6. The van der Waals surface area contributed by atoms with Gasteiger partial charge >= 0.3 is 0 Å². The van der Waals surface area contributed by atoms with Gasteiger partial charge in [-0.25, -0.2) is 0 Å². The van der Waals surface area contributed by atoms with Crippen LogP contribution in [0, 0.1) is 23.7 Å². The van der Waals surface area contributed by atoms with Gasteiger partial charge in [-0.3, -0.25) is 0 Å². The Labute approximate surface area is 277 Å². The van der Waals surface area contributed by atoms with Crippen LogP contribution < -0.4 is 0 Å². The van der Waals surface area contributed by atoms with Crippen molar-refractivity contribution < 1.29 is 28.5 Å². The topological polar surface area (TPSA) is 66.4 Å². The number of hydrogen-bond donors (Lipinski definition) is 1. The highest BCUT2D eigenvalue weighted by Crippen LogP contribution is 2.51. The van der Waals surface area contributed by atoms with E-state index in [1.54, 1.807) is 5.57 Å². The van der Waals surface area contributed by atoms with Gasteiger partial charge in [0.2, 0.25) is 0 Å². The van der Waals surface area contributed by atoms with Crippen LogP contribution >= 0.6 is 0 Å². The van der Waals surface area contributed by atoms with Crippen LogP contribution in [0.2, 0.25) is 18.1 Å². The molecule has 0 bridgehead atoms. The summed E-state index contributed by atoms with van der Waals surface area (Å²) in [6, 6.07) is 0. The van der Waals surface area contributed by atoms with Crippen molar-refractivity contribution >= 4 is 8.32 Å². The van der Waals surface area contributed by atoms with E-state index in [2.05, 4.69) is 59.0 Å². The molecule has 2 aliphatic heterocycles. The maximum Gasteiger partial charge on any atom is 0.192 e. The lowest BCUT2D eigenvalue weighted by atomic mass is 9.91. The van der Waals surface area contributed by atoms with Gasteiger partial charge in [0.1, 0.15) is 0 Å². The fourth-order valence-corrected chi connectivity index (χ4v) is 8.50. The molecule has 0 aromatic rings. The Balaban J connectivity index is 1.52. The van der Waals surface area contributed by atoms with E-state index >= 15 is 0 Å². The summed E-state index contributed by atoms with van der Waals surface area (Å²) in [5, 5.41) is 9.72. The number of ether oxygens (including phenoxy) is 4. The van der Waals surface area contributed by atoms with Gasteiger partial charge in [-0.1, -0.05) is 77.2 Å². The number of fused-ring (bicyclic) bond motifs is 1. The molecule has 0 amide bonds. The quantitative estimate of drug-likeness (QED) is 0.0908. The van der Waals surface area contributed by atoms with Crippen LogP contribution in [-0.2, 0) is 23.4 Å². The van der Waals surface area contributed by atoms with Crippen LogP contribution in [0.4, 0.5) is 0 Å². The SMILES string of the molecule is CCCCCC(C=CC1C(OC2CCCCO2)CC2CC(C(CCCCO)CO[Si](C)(C)C(C)(C)C)=CC21)OC1CCCCO1. The van der Waals surface area contributed by atoms with E-state index in [9.17, 15) is 5.11 Å². The van der Waals surface area contributed by atoms with Crippen molar-refractivity contribution in [1.82, 2.24) is 0 Å². The smallest absolute Gasteiger partial charge is 0.192 e. The summed E-state index contributed by atoms with van der Waals surface area (Å²) in [5.41, 5.74) is 1.58. The predicted octanol–water partition coefficient (Wildman–Crippen LogP) is 9.33. The van der Waals surface area contributed by atoms with Crippen molar-refractivity contribution in [3.8, 4) is 0 Å². The first kappa shape index (κ1) is 37.3. The molecule has 3 fully saturated rings. The summed E-state index contributed by atoms with van der Waals surface area (Å²) < 4.78 is 32.2. The van der Waals surface area contributed by atoms with Gasteiger partial charge in [0.25, 0.3) is 0 Å². The third-order valence-electron chi connectivity index (χ3n) is 11.4. The minimum Gasteiger partial charge on any atom is -0.416 e. The summed E-state index contributed by atoms with van der Waals surface area (Å²) >= 11 is 0. The maximum atomic E-state index is 9.53. The molecule has 260 valence electrons. The number of allylic oxidation sites excluding steroid dienone is 1. The zero-order valence-corrected chi connectivity index (χ0v) is 30.8. The molecular weight excluding hydrogens is 580 g/mol. The van der Waals surface area contributed by atoms with Crippen LogP contribution in [0.3, 0.4) is 0 Å². The zero-order valence-electron chi connectivity index (χ0n) is 29.8. The molecule has 6 nitrogen and oxygen atoms in total. The Morgan fingerprint density at radius 2 is 1.69 bits per heavy atom. The minimum absolute atomic E-state index is 0.0709. The van der Waals surface area contributed by atoms with Crippen molar-refractivity contribution in [2.45, 2.75) is 167 Å². The van der Waals surface area contributed by atoms with Crippen molar-refractivity contribution in [1.29, 1.82) is 0 Å². The van der Waals surface area contributed by atoms with Gasteiger partial charge in [0.05, 0.1) is 12.2 Å². The summed E-state index contributed by atoms with van der Waals surface area (Å²) in [4.78, 5) is 0. The third kappa shape index (κ3) is 11.3. The Hall–Kier alpha value is -0.543. The van der Waals surface area contributed by atoms with E-state index in [0.29, 0.717) is 23.7 Å². The Kier molecular flexibility index (Phi) is 15.1. The second kappa shape index (κ2) is 18.3. The molecule has 4 rings (SSSR count). The van der Waals surface area contributed by atoms with Gasteiger partial charge in [-0.2, -0.15) is 0 Å². The first-order valence-corrected chi connectivity index (χ1v) is 21.7. The van der Waals surface area contributed by atoms with Crippen molar-refractivity contribution in [3.63, 3.8) is 0 Å². The molecule has 1 saturated carbocycles. The molecular formula is C38H68O6Si. The monoisotopic (exact) mass is 648 g/mol. The second-order valence-electron chi connectivity index (χ2n) is 15.9. The number of unbranched alkanes of at least 4 members (excludes halogenated alkanes) is 3. The van der Waals surface area contributed by atoms with E-state index in [1.807, 2.05) is 0 Å². The van der Waals surface area contributed by atoms with Crippen molar-refractivity contribution in [2.24, 2.45) is 23.7 Å². The number of aliphatic hydroxyl groups is 1. The Bertz CT molecular complexity index is 900. The molecule has 2 aliphatic carbocycles. The molecule has 0 aromatic heterocycles. The highest BCUT2D eigenvalue weighted by molar-refractivity contribution is 6.74. The average Bonchev–Trinajstić information content (AvgIpc) is 3.56. The number of rotatable bonds is 18. The fraction of sp³-hybridized carbons (Fsp3) is 0.895. The predicted molar refractivity (Wildman–Crippen MR) is 186 cm³/mol. The fourth-order valence-electron chi connectivity index (χ4n) is 7.45. The lowest BCUT2D eigenvalue weighted by Gasteiger charge is -2.37. The van der Waals surface area contributed by atoms with E-state index in [4.69, 9.17) is 23.4 Å². The van der Waals surface area contributed by atoms with Gasteiger partial charge in [0.15, 0.2) is 20.9 Å². The summed E-state index contributed by atoms with van der Waals surface area (Å²) in [6.07, 6.45) is 24.1. The molecule has 2 heterocycles. The van der Waals surface area contributed by atoms with Gasteiger partial charge < -0.3 is 28.5 Å². The van der Waals surface area contributed by atoms with Crippen LogP contribution in [0.15, 0.2) is 23.8 Å². The normalized spacial score (nSPS) is 30.9. The maximum absolute atomic E-state index is 9.53. The molecule has 8 unspecified atom stereocenters. The molecule has 7 heteroatoms. The molecule has 4 aliphatic rings. The Morgan fingerprint density at radius 3 is 2.33 bits per heavy atom.